The van der Waals surface area contributed by atoms with Gasteiger partial charge in [0, 0.05) is 38.7 Å². The van der Waals surface area contributed by atoms with E-state index in [1.165, 1.54) is 19.3 Å². The average molecular weight is 468 g/mol. The van der Waals surface area contributed by atoms with Crippen molar-refractivity contribution >= 4 is 29.9 Å². The molecular weight excluding hydrogens is 431 g/mol. The molecule has 0 spiro atoms. The van der Waals surface area contributed by atoms with Crippen LogP contribution in [0.1, 0.15) is 26.2 Å². The highest BCUT2D eigenvalue weighted by atomic mass is 127. The molecule has 25 heavy (non-hydrogen) atoms. The maximum absolute atomic E-state index is 5.70. The second-order valence-corrected chi connectivity index (χ2v) is 7.23. The minimum Gasteiger partial charge on any atom is -0.382 e. The van der Waals surface area contributed by atoms with Gasteiger partial charge in [-0.25, -0.2) is 0 Å². The van der Waals surface area contributed by atoms with Gasteiger partial charge >= 0.3 is 0 Å². The zero-order valence-electron chi connectivity index (χ0n) is 16.4. The van der Waals surface area contributed by atoms with Gasteiger partial charge in [0.1, 0.15) is 0 Å². The topological polar surface area (TPSA) is 49.3 Å². The van der Waals surface area contributed by atoms with Gasteiger partial charge in [0.05, 0.1) is 26.4 Å². The third-order valence-electron chi connectivity index (χ3n) is 4.96. The first-order chi connectivity index (χ1) is 11.7. The molecule has 6 nitrogen and oxygen atoms in total. The van der Waals surface area contributed by atoms with Crippen LogP contribution < -0.4 is 5.32 Å². The predicted molar refractivity (Wildman–Crippen MR) is 114 cm³/mol. The normalized spacial score (nSPS) is 22.2. The Morgan fingerprint density at radius 1 is 1.28 bits per heavy atom. The number of hydrogen-bond donors (Lipinski definition) is 1. The summed E-state index contributed by atoms with van der Waals surface area (Å²) in [7, 11) is 6.06. The van der Waals surface area contributed by atoms with E-state index in [4.69, 9.17) is 14.5 Å². The van der Waals surface area contributed by atoms with Gasteiger partial charge in [-0.2, -0.15) is 0 Å². The van der Waals surface area contributed by atoms with Gasteiger partial charge in [-0.05, 0) is 46.2 Å². The molecule has 0 aromatic carbocycles. The van der Waals surface area contributed by atoms with E-state index in [0.717, 1.165) is 44.7 Å². The fourth-order valence-electron chi connectivity index (χ4n) is 3.37. The largest absolute Gasteiger partial charge is 0.382 e. The minimum atomic E-state index is 0. The quantitative estimate of drug-likeness (QED) is 0.230. The summed E-state index contributed by atoms with van der Waals surface area (Å²) in [6.07, 6.45) is 3.90. The van der Waals surface area contributed by atoms with E-state index in [9.17, 15) is 0 Å². The van der Waals surface area contributed by atoms with E-state index >= 15 is 0 Å². The highest BCUT2D eigenvalue weighted by Crippen LogP contribution is 2.34. The van der Waals surface area contributed by atoms with Crippen LogP contribution in [0.15, 0.2) is 4.99 Å². The summed E-state index contributed by atoms with van der Waals surface area (Å²) >= 11 is 0. The first kappa shape index (κ1) is 22.9. The maximum atomic E-state index is 5.70. The maximum Gasteiger partial charge on any atom is 0.193 e. The molecule has 0 aromatic heterocycles. The monoisotopic (exact) mass is 468 g/mol. The molecule has 0 radical (unpaired) electrons. The Hall–Kier alpha value is -0.120. The van der Waals surface area contributed by atoms with Crippen molar-refractivity contribution in [3.05, 3.63) is 0 Å². The van der Waals surface area contributed by atoms with E-state index in [2.05, 4.69) is 36.1 Å². The first-order valence-corrected chi connectivity index (χ1v) is 9.42. The number of likely N-dealkylation sites (tertiary alicyclic amines) is 1. The highest BCUT2D eigenvalue weighted by Gasteiger charge is 2.33. The smallest absolute Gasteiger partial charge is 0.193 e. The number of halogens is 1. The van der Waals surface area contributed by atoms with E-state index < -0.39 is 0 Å². The molecule has 1 heterocycles. The van der Waals surface area contributed by atoms with Crippen LogP contribution in [0.25, 0.3) is 0 Å². The molecule has 1 aliphatic heterocycles. The van der Waals surface area contributed by atoms with Gasteiger partial charge in [-0.3, -0.25) is 4.99 Å². The second kappa shape index (κ2) is 12.3. The third kappa shape index (κ3) is 7.97. The number of nitrogens with one attached hydrogen (secondary N) is 1. The van der Waals surface area contributed by atoms with Crippen LogP contribution >= 0.6 is 24.0 Å². The fraction of sp³-hybridized carbons (Fsp3) is 0.944. The van der Waals surface area contributed by atoms with E-state index in [-0.39, 0.29) is 24.0 Å². The molecule has 1 N–H and O–H groups in total. The molecule has 2 fully saturated rings. The Bertz CT molecular complexity index is 389. The Morgan fingerprint density at radius 3 is 2.64 bits per heavy atom. The molecule has 0 amide bonds. The summed E-state index contributed by atoms with van der Waals surface area (Å²) in [5, 5.41) is 3.47. The average Bonchev–Trinajstić information content (AvgIpc) is 3.28. The third-order valence-corrected chi connectivity index (χ3v) is 4.96. The summed E-state index contributed by atoms with van der Waals surface area (Å²) in [6.45, 7) is 8.24. The Morgan fingerprint density at radius 2 is 2.04 bits per heavy atom. The molecule has 1 saturated heterocycles. The molecule has 1 saturated carbocycles. The van der Waals surface area contributed by atoms with Crippen LogP contribution in [0.2, 0.25) is 0 Å². The van der Waals surface area contributed by atoms with Crippen LogP contribution in [0.4, 0.5) is 0 Å². The molecule has 2 unspecified atom stereocenters. The van der Waals surface area contributed by atoms with E-state index in [0.29, 0.717) is 25.2 Å². The number of rotatable bonds is 10. The number of nitrogens with zero attached hydrogens (tertiary/aromatic N) is 3. The van der Waals surface area contributed by atoms with Crippen molar-refractivity contribution in [2.45, 2.75) is 32.2 Å². The Balaban J connectivity index is 0.00000312. The molecule has 2 atom stereocenters. The molecule has 148 valence electrons. The van der Waals surface area contributed by atoms with Crippen LogP contribution in [0, 0.1) is 11.8 Å². The van der Waals surface area contributed by atoms with Crippen molar-refractivity contribution in [3.8, 4) is 0 Å². The lowest BCUT2D eigenvalue weighted by Gasteiger charge is -2.25. The van der Waals surface area contributed by atoms with Crippen molar-refractivity contribution in [3.63, 3.8) is 0 Å². The summed E-state index contributed by atoms with van der Waals surface area (Å²) in [5.74, 6) is 2.51. The molecule has 2 aliphatic rings. The van der Waals surface area contributed by atoms with Gasteiger partial charge in [0.25, 0.3) is 0 Å². The van der Waals surface area contributed by atoms with Crippen molar-refractivity contribution < 1.29 is 9.47 Å². The van der Waals surface area contributed by atoms with Crippen molar-refractivity contribution in [2.24, 2.45) is 16.8 Å². The number of likely N-dealkylation sites (N-methyl/N-ethyl adjacent to an activating group) is 1. The fourth-order valence-corrected chi connectivity index (χ4v) is 3.37. The van der Waals surface area contributed by atoms with E-state index in [1.54, 1.807) is 7.11 Å². The zero-order valence-corrected chi connectivity index (χ0v) is 18.7. The molecule has 0 bridgehead atoms. The zero-order chi connectivity index (χ0) is 17.4. The van der Waals surface area contributed by atoms with Crippen LogP contribution in [-0.2, 0) is 9.47 Å². The second-order valence-electron chi connectivity index (χ2n) is 7.23. The highest BCUT2D eigenvalue weighted by molar-refractivity contribution is 14.0. The van der Waals surface area contributed by atoms with E-state index in [1.807, 2.05) is 0 Å². The molecule has 2 rings (SSSR count). The van der Waals surface area contributed by atoms with Crippen molar-refractivity contribution in [1.29, 1.82) is 0 Å². The lowest BCUT2D eigenvalue weighted by atomic mass is 10.1. The predicted octanol–water partition coefficient (Wildman–Crippen LogP) is 1.90. The van der Waals surface area contributed by atoms with Gasteiger partial charge in [-0.1, -0.05) is 0 Å². The van der Waals surface area contributed by atoms with Gasteiger partial charge in [0.2, 0.25) is 0 Å². The molecule has 1 aliphatic carbocycles. The lowest BCUT2D eigenvalue weighted by molar-refractivity contribution is 0.0536. The summed E-state index contributed by atoms with van der Waals surface area (Å²) in [4.78, 5) is 9.68. The van der Waals surface area contributed by atoms with Crippen molar-refractivity contribution in [2.75, 3.05) is 67.2 Å². The SMILES string of the molecule is CCNC(=NCC(C1CC1)N(C)C)N1CCC(COCCOC)C1.I. The number of hydrogen-bond acceptors (Lipinski definition) is 4. The van der Waals surface area contributed by atoms with Crippen molar-refractivity contribution in [1.82, 2.24) is 15.1 Å². The number of methoxy groups -OCH3 is 1. The summed E-state index contributed by atoms with van der Waals surface area (Å²) in [6, 6.07) is 0.578. The summed E-state index contributed by atoms with van der Waals surface area (Å²) in [5.41, 5.74) is 0. The number of aliphatic imine (C=N–C) groups is 1. The van der Waals surface area contributed by atoms with Gasteiger partial charge in [0.15, 0.2) is 5.96 Å². The summed E-state index contributed by atoms with van der Waals surface area (Å²) < 4.78 is 10.7. The molecular formula is C18H37IN4O2. The Kier molecular flexibility index (Phi) is 11.3. The first-order valence-electron chi connectivity index (χ1n) is 9.42. The van der Waals surface area contributed by atoms with Crippen LogP contribution in [0.5, 0.6) is 0 Å². The van der Waals surface area contributed by atoms with Gasteiger partial charge < -0.3 is 24.6 Å². The lowest BCUT2D eigenvalue weighted by Crippen LogP contribution is -2.42. The molecule has 0 aromatic rings. The van der Waals surface area contributed by atoms with Crippen LogP contribution in [-0.4, -0.2) is 89.0 Å². The standard InChI is InChI=1S/C18H36N4O2.HI/c1-5-19-18(20-12-17(21(2)3)16-6-7-16)22-9-8-15(13-22)14-24-11-10-23-4;/h15-17H,5-14H2,1-4H3,(H,19,20);1H. The molecule has 7 heteroatoms. The Labute approximate surface area is 170 Å². The van der Waals surface area contributed by atoms with Gasteiger partial charge in [-0.15, -0.1) is 24.0 Å². The van der Waals surface area contributed by atoms with Crippen LogP contribution in [0.3, 0.4) is 0 Å². The number of guanidine groups is 1. The number of ether oxygens (including phenoxy) is 2. The minimum absolute atomic E-state index is 0.